The van der Waals surface area contributed by atoms with Crippen molar-refractivity contribution >= 4 is 18.0 Å². The zero-order valence-electron chi connectivity index (χ0n) is 13.8. The standard InChI is InChI=1S/C19H17NO5/c1-3-7-15-20-17(18(24-15)13-8-5-4-6-9-13)19-14(23-12(2)21)10-11-16(22)25-19/h3-11,14,19H,1-2H3/b7-3-/t14-,19+/m0/s1. The molecule has 0 spiro atoms. The Morgan fingerprint density at radius 3 is 2.72 bits per heavy atom. The van der Waals surface area contributed by atoms with E-state index in [4.69, 9.17) is 13.9 Å². The van der Waals surface area contributed by atoms with Crippen molar-refractivity contribution in [3.05, 3.63) is 60.1 Å². The monoisotopic (exact) mass is 339 g/mol. The van der Waals surface area contributed by atoms with Crippen molar-refractivity contribution in [1.82, 2.24) is 4.98 Å². The van der Waals surface area contributed by atoms with Gasteiger partial charge in [0, 0.05) is 18.6 Å². The van der Waals surface area contributed by atoms with Crippen molar-refractivity contribution in [2.75, 3.05) is 0 Å². The van der Waals surface area contributed by atoms with Crippen LogP contribution in [0.5, 0.6) is 0 Å². The molecule has 2 aromatic rings. The first-order valence-electron chi connectivity index (χ1n) is 7.83. The Morgan fingerprint density at radius 2 is 2.04 bits per heavy atom. The van der Waals surface area contributed by atoms with Crippen LogP contribution in [0.1, 0.15) is 31.5 Å². The lowest BCUT2D eigenvalue weighted by atomic mass is 10.0. The van der Waals surface area contributed by atoms with Crippen molar-refractivity contribution in [1.29, 1.82) is 0 Å². The van der Waals surface area contributed by atoms with Gasteiger partial charge in [-0.3, -0.25) is 4.79 Å². The summed E-state index contributed by atoms with van der Waals surface area (Å²) in [5.74, 6) is -0.151. The molecule has 6 heteroatoms. The van der Waals surface area contributed by atoms with Crippen molar-refractivity contribution in [2.45, 2.75) is 26.1 Å². The van der Waals surface area contributed by atoms with Crippen LogP contribution in [-0.2, 0) is 19.1 Å². The number of hydrogen-bond acceptors (Lipinski definition) is 6. The highest BCUT2D eigenvalue weighted by atomic mass is 16.6. The molecule has 1 aromatic carbocycles. The van der Waals surface area contributed by atoms with E-state index in [-0.39, 0.29) is 0 Å². The minimum Gasteiger partial charge on any atom is -0.454 e. The van der Waals surface area contributed by atoms with Crippen LogP contribution in [-0.4, -0.2) is 23.0 Å². The SMILES string of the molecule is C/C=C\c1nc([C@@H]2OC(=O)C=C[C@@H]2OC(C)=O)c(-c2ccccc2)o1. The highest BCUT2D eigenvalue weighted by Crippen LogP contribution is 2.35. The van der Waals surface area contributed by atoms with Gasteiger partial charge in [0.2, 0.25) is 5.89 Å². The maximum atomic E-state index is 11.7. The zero-order chi connectivity index (χ0) is 17.8. The second-order valence-electron chi connectivity index (χ2n) is 5.42. The third-order valence-corrected chi connectivity index (χ3v) is 3.55. The Labute approximate surface area is 144 Å². The summed E-state index contributed by atoms with van der Waals surface area (Å²) in [4.78, 5) is 27.6. The van der Waals surface area contributed by atoms with Crippen molar-refractivity contribution < 1.29 is 23.5 Å². The van der Waals surface area contributed by atoms with Gasteiger partial charge < -0.3 is 13.9 Å². The number of benzene rings is 1. The van der Waals surface area contributed by atoms with Gasteiger partial charge in [-0.1, -0.05) is 36.4 Å². The highest BCUT2D eigenvalue weighted by molar-refractivity contribution is 5.83. The summed E-state index contributed by atoms with van der Waals surface area (Å²) in [5, 5.41) is 0. The Morgan fingerprint density at radius 1 is 1.28 bits per heavy atom. The van der Waals surface area contributed by atoms with Crippen molar-refractivity contribution in [3.63, 3.8) is 0 Å². The number of rotatable bonds is 4. The van der Waals surface area contributed by atoms with Gasteiger partial charge >= 0.3 is 11.9 Å². The Balaban J connectivity index is 2.09. The predicted molar refractivity (Wildman–Crippen MR) is 90.2 cm³/mol. The normalized spacial score (nSPS) is 19.8. The van der Waals surface area contributed by atoms with Gasteiger partial charge in [0.25, 0.3) is 0 Å². The summed E-state index contributed by atoms with van der Waals surface area (Å²) in [6, 6.07) is 9.35. The molecule has 1 aliphatic heterocycles. The number of hydrogen-bond donors (Lipinski definition) is 0. The van der Waals surface area contributed by atoms with Crippen LogP contribution < -0.4 is 0 Å². The van der Waals surface area contributed by atoms with E-state index in [0.717, 1.165) is 5.56 Å². The van der Waals surface area contributed by atoms with Crippen LogP contribution in [0, 0.1) is 0 Å². The lowest BCUT2D eigenvalue weighted by molar-refractivity contribution is -0.163. The highest BCUT2D eigenvalue weighted by Gasteiger charge is 2.36. The smallest absolute Gasteiger partial charge is 0.331 e. The lowest BCUT2D eigenvalue weighted by Gasteiger charge is -2.25. The molecule has 3 rings (SSSR count). The summed E-state index contributed by atoms with van der Waals surface area (Å²) in [7, 11) is 0. The average Bonchev–Trinajstić information content (AvgIpc) is 3.01. The quantitative estimate of drug-likeness (QED) is 0.794. The molecule has 0 amide bonds. The third kappa shape index (κ3) is 3.68. The van der Waals surface area contributed by atoms with Crippen LogP contribution >= 0.6 is 0 Å². The Kier molecular flexibility index (Phi) is 4.79. The summed E-state index contributed by atoms with van der Waals surface area (Å²) < 4.78 is 16.5. The minimum atomic E-state index is -0.876. The number of cyclic esters (lactones) is 1. The fourth-order valence-electron chi connectivity index (χ4n) is 2.56. The first-order valence-corrected chi connectivity index (χ1v) is 7.83. The van der Waals surface area contributed by atoms with Crippen LogP contribution in [0.2, 0.25) is 0 Å². The van der Waals surface area contributed by atoms with Crippen LogP contribution in [0.4, 0.5) is 0 Å². The van der Waals surface area contributed by atoms with E-state index in [1.807, 2.05) is 37.3 Å². The molecule has 2 atom stereocenters. The predicted octanol–water partition coefficient (Wildman–Crippen LogP) is 3.46. The molecular weight excluding hydrogens is 322 g/mol. The molecular formula is C19H17NO5. The Bertz CT molecular complexity index is 835. The van der Waals surface area contributed by atoms with E-state index in [9.17, 15) is 9.59 Å². The van der Waals surface area contributed by atoms with Crippen molar-refractivity contribution in [3.8, 4) is 11.3 Å². The van der Waals surface area contributed by atoms with Gasteiger partial charge in [-0.2, -0.15) is 0 Å². The number of esters is 2. The molecule has 0 N–H and O–H groups in total. The summed E-state index contributed by atoms with van der Waals surface area (Å²) in [6.45, 7) is 3.14. The van der Waals surface area contributed by atoms with E-state index >= 15 is 0 Å². The maximum Gasteiger partial charge on any atom is 0.331 e. The zero-order valence-corrected chi connectivity index (χ0v) is 13.8. The van der Waals surface area contributed by atoms with Gasteiger partial charge in [0.05, 0.1) is 0 Å². The second-order valence-corrected chi connectivity index (χ2v) is 5.42. The van der Waals surface area contributed by atoms with Gasteiger partial charge in [-0.15, -0.1) is 0 Å². The van der Waals surface area contributed by atoms with E-state index in [1.54, 1.807) is 12.2 Å². The van der Waals surface area contributed by atoms with E-state index in [2.05, 4.69) is 4.98 Å². The molecule has 0 aliphatic carbocycles. The number of aromatic nitrogens is 1. The molecule has 1 aliphatic rings. The van der Waals surface area contributed by atoms with Crippen LogP contribution in [0.25, 0.3) is 17.4 Å². The molecule has 0 bridgehead atoms. The fourth-order valence-corrected chi connectivity index (χ4v) is 2.56. The number of carbonyl (C=O) groups is 2. The topological polar surface area (TPSA) is 78.6 Å². The first-order chi connectivity index (χ1) is 12.1. The molecule has 0 unspecified atom stereocenters. The molecule has 0 saturated heterocycles. The molecule has 0 saturated carbocycles. The maximum absolute atomic E-state index is 11.7. The van der Waals surface area contributed by atoms with Gasteiger partial charge in [-0.05, 0) is 19.1 Å². The van der Waals surface area contributed by atoms with Crippen LogP contribution in [0.15, 0.2) is 53.0 Å². The molecule has 6 nitrogen and oxygen atoms in total. The molecule has 128 valence electrons. The number of nitrogens with zero attached hydrogens (tertiary/aromatic N) is 1. The van der Waals surface area contributed by atoms with E-state index in [0.29, 0.717) is 17.3 Å². The van der Waals surface area contributed by atoms with Gasteiger partial charge in [0.15, 0.2) is 18.0 Å². The molecule has 25 heavy (non-hydrogen) atoms. The largest absolute Gasteiger partial charge is 0.454 e. The van der Waals surface area contributed by atoms with E-state index in [1.165, 1.54) is 19.1 Å². The number of ether oxygens (including phenoxy) is 2. The number of allylic oxidation sites excluding steroid dienone is 1. The van der Waals surface area contributed by atoms with Gasteiger partial charge in [0.1, 0.15) is 5.69 Å². The number of oxazole rings is 1. The minimum absolute atomic E-state index is 0.378. The molecule has 0 fully saturated rings. The Hall–Kier alpha value is -3.15. The number of carbonyl (C=O) groups excluding carboxylic acids is 2. The lowest BCUT2D eigenvalue weighted by Crippen LogP contribution is -2.30. The summed E-state index contributed by atoms with van der Waals surface area (Å²) in [6.07, 6.45) is 4.59. The summed E-state index contributed by atoms with van der Waals surface area (Å²) in [5.41, 5.74) is 1.19. The van der Waals surface area contributed by atoms with E-state index < -0.39 is 24.1 Å². The molecule has 2 heterocycles. The second kappa shape index (κ2) is 7.17. The first kappa shape index (κ1) is 16.7. The molecule has 1 aromatic heterocycles. The third-order valence-electron chi connectivity index (χ3n) is 3.55. The molecule has 0 radical (unpaired) electrons. The van der Waals surface area contributed by atoms with Crippen molar-refractivity contribution in [2.24, 2.45) is 0 Å². The average molecular weight is 339 g/mol. The fraction of sp³-hybridized carbons (Fsp3) is 0.211. The van der Waals surface area contributed by atoms with Gasteiger partial charge in [-0.25, -0.2) is 9.78 Å². The summed E-state index contributed by atoms with van der Waals surface area (Å²) >= 11 is 0. The van der Waals surface area contributed by atoms with Crippen LogP contribution in [0.3, 0.4) is 0 Å².